The first kappa shape index (κ1) is 34.2. The fourth-order valence-electron chi connectivity index (χ4n) is 4.31. The summed E-state index contributed by atoms with van der Waals surface area (Å²) in [6.45, 7) is 13.8. The molecule has 0 saturated carbocycles. The average Bonchev–Trinajstić information content (AvgIpc) is 3.41. The Balaban J connectivity index is 1.36. The number of halogens is 3. The topological polar surface area (TPSA) is 117 Å². The van der Waals surface area contributed by atoms with Gasteiger partial charge in [0.25, 0.3) is 0 Å². The van der Waals surface area contributed by atoms with Gasteiger partial charge in [-0.1, -0.05) is 67.6 Å². The zero-order valence-electron chi connectivity index (χ0n) is 25.2. The number of amides is 2. The molecule has 1 aliphatic rings. The Kier molecular flexibility index (Phi) is 11.4. The molecular weight excluding hydrogens is 687 g/mol. The Labute approximate surface area is 280 Å². The minimum atomic E-state index is -0.731. The molecule has 1 aliphatic heterocycles. The second kappa shape index (κ2) is 14.6. The average molecular weight is 723 g/mol. The van der Waals surface area contributed by atoms with E-state index in [1.165, 1.54) is 16.4 Å². The van der Waals surface area contributed by atoms with E-state index >= 15 is 0 Å². The highest BCUT2D eigenvalue weighted by Crippen LogP contribution is 2.36. The lowest BCUT2D eigenvalue weighted by molar-refractivity contribution is -0.123. The van der Waals surface area contributed by atoms with Gasteiger partial charge < -0.3 is 16.0 Å². The molecule has 0 atom stereocenters. The van der Waals surface area contributed by atoms with Gasteiger partial charge in [0.15, 0.2) is 0 Å². The van der Waals surface area contributed by atoms with Crippen LogP contribution in [0.5, 0.6) is 0 Å². The zero-order valence-corrected chi connectivity index (χ0v) is 29.1. The lowest BCUT2D eigenvalue weighted by Crippen LogP contribution is -2.51. The molecule has 0 radical (unpaired) electrons. The monoisotopic (exact) mass is 720 g/mol. The van der Waals surface area contributed by atoms with Crippen molar-refractivity contribution in [1.82, 2.24) is 35.7 Å². The highest BCUT2D eigenvalue weighted by atomic mass is 79.9. The number of aromatic nitrogens is 4. The van der Waals surface area contributed by atoms with E-state index in [9.17, 15) is 9.59 Å². The van der Waals surface area contributed by atoms with Gasteiger partial charge in [-0.15, -0.1) is 5.10 Å². The van der Waals surface area contributed by atoms with Crippen molar-refractivity contribution in [3.05, 3.63) is 56.0 Å². The zero-order chi connectivity index (χ0) is 32.1. The number of anilines is 1. The predicted molar refractivity (Wildman–Crippen MR) is 180 cm³/mol. The van der Waals surface area contributed by atoms with Crippen LogP contribution in [0.3, 0.4) is 0 Å². The molecule has 0 spiro atoms. The first-order valence-electron chi connectivity index (χ1n) is 14.0. The molecular formula is C30H35BrCl2N8O2S. The van der Waals surface area contributed by atoms with Crippen LogP contribution in [0, 0.1) is 11.8 Å². The van der Waals surface area contributed by atoms with Crippen LogP contribution in [0.1, 0.15) is 45.7 Å². The summed E-state index contributed by atoms with van der Waals surface area (Å²) in [7, 11) is 0. The molecule has 2 aromatic carbocycles. The smallest absolute Gasteiger partial charge is 0.235 e. The van der Waals surface area contributed by atoms with E-state index in [1.54, 1.807) is 18.2 Å². The molecule has 1 fully saturated rings. The van der Waals surface area contributed by atoms with E-state index in [2.05, 4.69) is 84.9 Å². The quantitative estimate of drug-likeness (QED) is 0.222. The summed E-state index contributed by atoms with van der Waals surface area (Å²) in [6.07, 6.45) is 0. The largest absolute Gasteiger partial charge is 0.339 e. The summed E-state index contributed by atoms with van der Waals surface area (Å²) in [5, 5.41) is 22.3. The van der Waals surface area contributed by atoms with Gasteiger partial charge in [-0.05, 0) is 81.5 Å². The standard InChI is InChI=1S/C30H35BrCl2N8O2S/c1-29(2,3)20-15-21(31)27(33)24(16-20)41-28(37-38-39-41)44-18-26(43)35-23-7-6-19(14-22(23)32)8-9-30(4,5)36-25(42)17-40-12-10-34-11-13-40/h6-7,14-16,34H,10-13,17-18H2,1-5H3,(H,35,43)(H,36,42). The van der Waals surface area contributed by atoms with E-state index in [0.717, 1.165) is 36.2 Å². The van der Waals surface area contributed by atoms with Crippen molar-refractivity contribution in [3.8, 4) is 17.5 Å². The van der Waals surface area contributed by atoms with Crippen LogP contribution < -0.4 is 16.0 Å². The minimum Gasteiger partial charge on any atom is -0.339 e. The van der Waals surface area contributed by atoms with E-state index in [1.807, 2.05) is 26.0 Å². The Bertz CT molecular complexity index is 1590. The molecule has 4 rings (SSSR count). The maximum absolute atomic E-state index is 12.8. The van der Waals surface area contributed by atoms with Gasteiger partial charge in [-0.25, -0.2) is 0 Å². The number of rotatable bonds is 8. The van der Waals surface area contributed by atoms with Crippen molar-refractivity contribution >= 4 is 68.4 Å². The number of benzene rings is 2. The third-order valence-corrected chi connectivity index (χ3v) is 9.15. The molecule has 3 N–H and O–H groups in total. The van der Waals surface area contributed by atoms with E-state index < -0.39 is 5.54 Å². The molecule has 3 aromatic rings. The summed E-state index contributed by atoms with van der Waals surface area (Å²) in [4.78, 5) is 27.5. The van der Waals surface area contributed by atoms with Gasteiger partial charge in [0.2, 0.25) is 17.0 Å². The normalized spacial score (nSPS) is 14.1. The van der Waals surface area contributed by atoms with Crippen molar-refractivity contribution in [2.45, 2.75) is 50.7 Å². The molecule has 10 nitrogen and oxygen atoms in total. The molecule has 1 aromatic heterocycles. The lowest BCUT2D eigenvalue weighted by atomic mass is 9.87. The number of nitrogens with zero attached hydrogens (tertiary/aromatic N) is 5. The highest BCUT2D eigenvalue weighted by Gasteiger charge is 2.22. The molecule has 2 amide bonds. The summed E-state index contributed by atoms with van der Waals surface area (Å²) in [6, 6.07) is 9.07. The number of carbonyl (C=O) groups is 2. The van der Waals surface area contributed by atoms with Crippen LogP contribution in [0.4, 0.5) is 5.69 Å². The molecule has 0 unspecified atom stereocenters. The number of tetrazole rings is 1. The molecule has 1 saturated heterocycles. The number of hydrogen-bond acceptors (Lipinski definition) is 8. The molecule has 0 aliphatic carbocycles. The summed E-state index contributed by atoms with van der Waals surface area (Å²) >= 11 is 17.8. The van der Waals surface area contributed by atoms with Crippen molar-refractivity contribution < 1.29 is 9.59 Å². The van der Waals surface area contributed by atoms with Crippen molar-refractivity contribution in [3.63, 3.8) is 0 Å². The van der Waals surface area contributed by atoms with Gasteiger partial charge in [-0.2, -0.15) is 4.68 Å². The molecule has 44 heavy (non-hydrogen) atoms. The first-order chi connectivity index (χ1) is 20.7. The van der Waals surface area contributed by atoms with Gasteiger partial charge in [0, 0.05) is 36.2 Å². The molecule has 2 heterocycles. The lowest BCUT2D eigenvalue weighted by Gasteiger charge is -2.28. The van der Waals surface area contributed by atoms with Gasteiger partial charge in [0.1, 0.15) is 0 Å². The fourth-order valence-corrected chi connectivity index (χ4v) is 5.86. The van der Waals surface area contributed by atoms with E-state index in [-0.39, 0.29) is 23.0 Å². The number of hydrogen-bond donors (Lipinski definition) is 3. The van der Waals surface area contributed by atoms with Gasteiger partial charge in [0.05, 0.1) is 39.3 Å². The van der Waals surface area contributed by atoms with Crippen molar-refractivity contribution in [2.24, 2.45) is 0 Å². The maximum atomic E-state index is 12.8. The van der Waals surface area contributed by atoms with Gasteiger partial charge in [-0.3, -0.25) is 14.5 Å². The summed E-state index contributed by atoms with van der Waals surface area (Å²) in [5.74, 6) is 5.87. The van der Waals surface area contributed by atoms with Crippen LogP contribution in [-0.4, -0.2) is 80.9 Å². The third-order valence-electron chi connectivity index (χ3n) is 6.67. The van der Waals surface area contributed by atoms with E-state index in [4.69, 9.17) is 23.2 Å². The SMILES string of the molecule is CC(C)(C#Cc1ccc(NC(=O)CSc2nnnn2-c2cc(C(C)(C)C)cc(Br)c2Cl)c(Cl)c1)NC(=O)CN1CCNCC1. The number of nitrogens with one attached hydrogen (secondary N) is 3. The Morgan fingerprint density at radius 3 is 2.50 bits per heavy atom. The third kappa shape index (κ3) is 9.42. The van der Waals surface area contributed by atoms with Crippen LogP contribution in [-0.2, 0) is 15.0 Å². The molecule has 234 valence electrons. The van der Waals surface area contributed by atoms with E-state index in [0.29, 0.717) is 38.7 Å². The Morgan fingerprint density at radius 1 is 1.09 bits per heavy atom. The number of carbonyl (C=O) groups excluding carboxylic acids is 2. The molecule has 14 heteroatoms. The van der Waals surface area contributed by atoms with Crippen molar-refractivity contribution in [1.29, 1.82) is 0 Å². The van der Waals surface area contributed by atoms with Crippen LogP contribution in [0.25, 0.3) is 5.69 Å². The van der Waals surface area contributed by atoms with Crippen LogP contribution >= 0.6 is 50.9 Å². The van der Waals surface area contributed by atoms with Crippen LogP contribution in [0.15, 0.2) is 40.0 Å². The Hall–Kier alpha value is -2.66. The number of piperazine rings is 1. The number of thioether (sulfide) groups is 1. The second-order valence-electron chi connectivity index (χ2n) is 11.9. The first-order valence-corrected chi connectivity index (χ1v) is 16.5. The second-order valence-corrected chi connectivity index (χ2v) is 14.5. The summed E-state index contributed by atoms with van der Waals surface area (Å²) in [5.41, 5.74) is 1.92. The minimum absolute atomic E-state index is 0.0395. The van der Waals surface area contributed by atoms with Gasteiger partial charge >= 0.3 is 0 Å². The van der Waals surface area contributed by atoms with Crippen LogP contribution in [0.2, 0.25) is 10.0 Å². The maximum Gasteiger partial charge on any atom is 0.235 e. The molecule has 0 bridgehead atoms. The highest BCUT2D eigenvalue weighted by molar-refractivity contribution is 9.10. The predicted octanol–water partition coefficient (Wildman–Crippen LogP) is 4.91. The Morgan fingerprint density at radius 2 is 1.82 bits per heavy atom. The van der Waals surface area contributed by atoms with Crippen molar-refractivity contribution in [2.75, 3.05) is 43.8 Å². The fraction of sp³-hybridized carbons (Fsp3) is 0.433. The summed E-state index contributed by atoms with van der Waals surface area (Å²) < 4.78 is 2.25.